The van der Waals surface area contributed by atoms with Crippen molar-refractivity contribution in [2.45, 2.75) is 26.3 Å². The maximum Gasteiger partial charge on any atom is 0.269 e. The van der Waals surface area contributed by atoms with Gasteiger partial charge in [-0.15, -0.1) is 0 Å². The molecule has 0 saturated carbocycles. The molecule has 0 spiro atoms. The Morgan fingerprint density at radius 2 is 2.05 bits per heavy atom. The van der Waals surface area contributed by atoms with E-state index in [4.69, 9.17) is 0 Å². The molecule has 1 N–H and O–H groups in total. The lowest BCUT2D eigenvalue weighted by Crippen LogP contribution is -2.11. The van der Waals surface area contributed by atoms with Crippen LogP contribution in [0.25, 0.3) is 0 Å². The number of nitrogens with zero attached hydrogens (tertiary/aromatic N) is 1. The van der Waals surface area contributed by atoms with Crippen molar-refractivity contribution >= 4 is 11.4 Å². The highest BCUT2D eigenvalue weighted by molar-refractivity contribution is 5.49. The van der Waals surface area contributed by atoms with Gasteiger partial charge in [0.25, 0.3) is 5.69 Å². The van der Waals surface area contributed by atoms with Gasteiger partial charge in [-0.1, -0.05) is 25.1 Å². The van der Waals surface area contributed by atoms with Crippen LogP contribution in [-0.4, -0.2) is 4.92 Å². The number of benzene rings is 2. The lowest BCUT2D eigenvalue weighted by atomic mass is 10.0. The summed E-state index contributed by atoms with van der Waals surface area (Å²) >= 11 is 0. The van der Waals surface area contributed by atoms with Crippen LogP contribution in [0, 0.1) is 22.9 Å². The molecule has 0 aromatic heterocycles. The molecule has 0 heterocycles. The van der Waals surface area contributed by atoms with Gasteiger partial charge in [-0.05, 0) is 36.6 Å². The van der Waals surface area contributed by atoms with E-state index >= 15 is 0 Å². The number of nitro benzene ring substituents is 1. The van der Waals surface area contributed by atoms with Crippen molar-refractivity contribution in [3.05, 3.63) is 69.5 Å². The van der Waals surface area contributed by atoms with Crippen LogP contribution >= 0.6 is 0 Å². The van der Waals surface area contributed by atoms with Crippen LogP contribution in [0.3, 0.4) is 0 Å². The Balaban J connectivity index is 2.29. The molecule has 1 atom stereocenters. The molecule has 0 aliphatic carbocycles. The largest absolute Gasteiger partial charge is 0.376 e. The van der Waals surface area contributed by atoms with E-state index in [0.717, 1.165) is 11.1 Å². The monoisotopic (exact) mass is 288 g/mol. The fraction of sp³-hybridized carbons (Fsp3) is 0.250. The first kappa shape index (κ1) is 15.0. The topological polar surface area (TPSA) is 55.2 Å². The van der Waals surface area contributed by atoms with E-state index in [2.05, 4.69) is 5.32 Å². The van der Waals surface area contributed by atoms with Crippen LogP contribution in [0.1, 0.15) is 30.5 Å². The molecule has 0 radical (unpaired) electrons. The van der Waals surface area contributed by atoms with Crippen LogP contribution in [0.2, 0.25) is 0 Å². The highest BCUT2D eigenvalue weighted by atomic mass is 19.1. The van der Waals surface area contributed by atoms with Crippen LogP contribution in [0.4, 0.5) is 15.8 Å². The van der Waals surface area contributed by atoms with Gasteiger partial charge in [-0.3, -0.25) is 10.1 Å². The quantitative estimate of drug-likeness (QED) is 0.646. The smallest absolute Gasteiger partial charge is 0.269 e. The molecule has 2 rings (SSSR count). The van der Waals surface area contributed by atoms with E-state index in [0.29, 0.717) is 12.1 Å². The van der Waals surface area contributed by atoms with E-state index < -0.39 is 4.92 Å². The van der Waals surface area contributed by atoms with Crippen molar-refractivity contribution in [2.24, 2.45) is 0 Å². The SMILES string of the molecule is CCC(Nc1cc(C)ccc1F)c1cccc([N+](=O)[O-])c1. The fourth-order valence-corrected chi connectivity index (χ4v) is 2.21. The van der Waals surface area contributed by atoms with Crippen LogP contribution in [-0.2, 0) is 0 Å². The molecule has 0 aliphatic heterocycles. The summed E-state index contributed by atoms with van der Waals surface area (Å²) < 4.78 is 13.8. The Kier molecular flexibility index (Phi) is 4.52. The van der Waals surface area contributed by atoms with Gasteiger partial charge in [0.05, 0.1) is 16.7 Å². The third kappa shape index (κ3) is 3.56. The lowest BCUT2D eigenvalue weighted by molar-refractivity contribution is -0.384. The minimum atomic E-state index is -0.427. The van der Waals surface area contributed by atoms with E-state index in [-0.39, 0.29) is 17.5 Å². The summed E-state index contributed by atoms with van der Waals surface area (Å²) in [5.41, 5.74) is 2.17. The molecular weight excluding hydrogens is 271 g/mol. The number of aryl methyl sites for hydroxylation is 1. The molecule has 5 heteroatoms. The van der Waals surface area contributed by atoms with Gasteiger partial charge in [0.15, 0.2) is 0 Å². The molecule has 1 unspecified atom stereocenters. The number of non-ortho nitro benzene ring substituents is 1. The molecule has 0 saturated heterocycles. The van der Waals surface area contributed by atoms with Crippen LogP contribution in [0.5, 0.6) is 0 Å². The zero-order chi connectivity index (χ0) is 15.4. The summed E-state index contributed by atoms with van der Waals surface area (Å²) in [6.45, 7) is 3.84. The zero-order valence-corrected chi connectivity index (χ0v) is 12.0. The summed E-state index contributed by atoms with van der Waals surface area (Å²) in [6.07, 6.45) is 0.689. The van der Waals surface area contributed by atoms with Crippen LogP contribution < -0.4 is 5.32 Å². The summed E-state index contributed by atoms with van der Waals surface area (Å²) in [5.74, 6) is -0.329. The Labute approximate surface area is 122 Å². The summed E-state index contributed by atoms with van der Waals surface area (Å²) in [6, 6.07) is 11.1. The fourth-order valence-electron chi connectivity index (χ4n) is 2.21. The van der Waals surface area contributed by atoms with Crippen molar-refractivity contribution in [1.29, 1.82) is 0 Å². The maximum atomic E-state index is 13.8. The first-order valence-electron chi connectivity index (χ1n) is 6.78. The van der Waals surface area contributed by atoms with Crippen molar-refractivity contribution < 1.29 is 9.31 Å². The van der Waals surface area contributed by atoms with Crippen molar-refractivity contribution in [3.8, 4) is 0 Å². The zero-order valence-electron chi connectivity index (χ0n) is 12.0. The molecule has 110 valence electrons. The van der Waals surface area contributed by atoms with Gasteiger partial charge < -0.3 is 5.32 Å². The molecule has 4 nitrogen and oxygen atoms in total. The Bertz CT molecular complexity index is 658. The Morgan fingerprint density at radius 3 is 2.71 bits per heavy atom. The summed E-state index contributed by atoms with van der Waals surface area (Å²) in [5, 5.41) is 14.0. The van der Waals surface area contributed by atoms with Crippen LogP contribution in [0.15, 0.2) is 42.5 Å². The molecular formula is C16H17FN2O2. The standard InChI is InChI=1S/C16H17FN2O2/c1-3-15(12-5-4-6-13(10-12)19(20)21)18-16-9-11(2)7-8-14(16)17/h4-10,15,18H,3H2,1-2H3. The second-order valence-corrected chi connectivity index (χ2v) is 4.94. The first-order chi connectivity index (χ1) is 10.0. The number of anilines is 1. The number of hydrogen-bond acceptors (Lipinski definition) is 3. The van der Waals surface area contributed by atoms with Crippen molar-refractivity contribution in [1.82, 2.24) is 0 Å². The van der Waals surface area contributed by atoms with E-state index in [9.17, 15) is 14.5 Å². The number of halogens is 1. The van der Waals surface area contributed by atoms with Gasteiger partial charge in [0, 0.05) is 12.1 Å². The minimum absolute atomic E-state index is 0.0393. The second kappa shape index (κ2) is 6.35. The molecule has 2 aromatic carbocycles. The molecule has 0 bridgehead atoms. The number of nitrogens with one attached hydrogen (secondary N) is 1. The number of rotatable bonds is 5. The predicted octanol–water partition coefficient (Wildman–Crippen LogP) is 4.61. The van der Waals surface area contributed by atoms with E-state index in [1.807, 2.05) is 19.9 Å². The van der Waals surface area contributed by atoms with Crippen molar-refractivity contribution in [3.63, 3.8) is 0 Å². The first-order valence-corrected chi connectivity index (χ1v) is 6.78. The minimum Gasteiger partial charge on any atom is -0.376 e. The van der Waals surface area contributed by atoms with Gasteiger partial charge >= 0.3 is 0 Å². The van der Waals surface area contributed by atoms with E-state index in [1.54, 1.807) is 18.2 Å². The van der Waals surface area contributed by atoms with Crippen molar-refractivity contribution in [2.75, 3.05) is 5.32 Å². The third-order valence-electron chi connectivity index (χ3n) is 3.34. The highest BCUT2D eigenvalue weighted by Crippen LogP contribution is 2.27. The number of hydrogen-bond donors (Lipinski definition) is 1. The van der Waals surface area contributed by atoms with Gasteiger partial charge in [0.1, 0.15) is 5.82 Å². The molecule has 0 aliphatic rings. The summed E-state index contributed by atoms with van der Waals surface area (Å²) in [4.78, 5) is 10.4. The normalized spacial score (nSPS) is 12.0. The molecule has 0 amide bonds. The third-order valence-corrected chi connectivity index (χ3v) is 3.34. The second-order valence-electron chi connectivity index (χ2n) is 4.94. The Hall–Kier alpha value is -2.43. The average molecular weight is 288 g/mol. The van der Waals surface area contributed by atoms with E-state index in [1.165, 1.54) is 18.2 Å². The average Bonchev–Trinajstić information content (AvgIpc) is 2.48. The predicted molar refractivity (Wildman–Crippen MR) is 80.9 cm³/mol. The summed E-state index contributed by atoms with van der Waals surface area (Å²) in [7, 11) is 0. The van der Waals surface area contributed by atoms with Gasteiger partial charge in [0.2, 0.25) is 0 Å². The van der Waals surface area contributed by atoms with Gasteiger partial charge in [-0.2, -0.15) is 0 Å². The Morgan fingerprint density at radius 1 is 1.29 bits per heavy atom. The van der Waals surface area contributed by atoms with Gasteiger partial charge in [-0.25, -0.2) is 4.39 Å². The molecule has 2 aromatic rings. The highest BCUT2D eigenvalue weighted by Gasteiger charge is 2.15. The molecule has 0 fully saturated rings. The number of nitro groups is 1. The lowest BCUT2D eigenvalue weighted by Gasteiger charge is -2.19. The maximum absolute atomic E-state index is 13.8. The molecule has 21 heavy (non-hydrogen) atoms.